The summed E-state index contributed by atoms with van der Waals surface area (Å²) in [5.41, 5.74) is 3.13. The van der Waals surface area contributed by atoms with Crippen molar-refractivity contribution < 1.29 is 14.2 Å². The monoisotopic (exact) mass is 394 g/mol. The fourth-order valence-corrected chi connectivity index (χ4v) is 2.93. The molecule has 2 N–H and O–H groups in total. The summed E-state index contributed by atoms with van der Waals surface area (Å²) in [6, 6.07) is 13.7. The van der Waals surface area contributed by atoms with Gasteiger partial charge in [0.1, 0.15) is 11.6 Å². The molecule has 152 valence electrons. The van der Waals surface area contributed by atoms with Gasteiger partial charge in [-0.2, -0.15) is 4.98 Å². The van der Waals surface area contributed by atoms with E-state index >= 15 is 0 Å². The highest BCUT2D eigenvalue weighted by molar-refractivity contribution is 5.65. The molecule has 0 bridgehead atoms. The SMILES string of the molecule is COc1ccc(C)cc1Nc1ccnc(NCCc2ccc(OC)c(OC)c2)n1. The van der Waals surface area contributed by atoms with Crippen molar-refractivity contribution in [2.24, 2.45) is 0 Å². The number of nitrogens with zero attached hydrogens (tertiary/aromatic N) is 2. The summed E-state index contributed by atoms with van der Waals surface area (Å²) in [6.07, 6.45) is 2.52. The Morgan fingerprint density at radius 2 is 1.62 bits per heavy atom. The zero-order valence-electron chi connectivity index (χ0n) is 17.2. The summed E-state index contributed by atoms with van der Waals surface area (Å²) in [5, 5.41) is 6.55. The van der Waals surface area contributed by atoms with Crippen molar-refractivity contribution in [1.29, 1.82) is 0 Å². The lowest BCUT2D eigenvalue weighted by atomic mass is 10.1. The Morgan fingerprint density at radius 1 is 0.862 bits per heavy atom. The van der Waals surface area contributed by atoms with Gasteiger partial charge in [-0.3, -0.25) is 0 Å². The van der Waals surface area contributed by atoms with Crippen molar-refractivity contribution in [1.82, 2.24) is 9.97 Å². The average Bonchev–Trinajstić information content (AvgIpc) is 2.74. The van der Waals surface area contributed by atoms with E-state index in [0.29, 0.717) is 18.3 Å². The van der Waals surface area contributed by atoms with E-state index in [0.717, 1.165) is 40.5 Å². The van der Waals surface area contributed by atoms with E-state index in [1.165, 1.54) is 0 Å². The van der Waals surface area contributed by atoms with E-state index in [4.69, 9.17) is 14.2 Å². The Balaban J connectivity index is 1.63. The van der Waals surface area contributed by atoms with Gasteiger partial charge in [0.05, 0.1) is 27.0 Å². The van der Waals surface area contributed by atoms with E-state index in [2.05, 4.69) is 20.6 Å². The molecule has 0 saturated heterocycles. The molecule has 0 aliphatic carbocycles. The Hall–Kier alpha value is -3.48. The Morgan fingerprint density at radius 3 is 2.38 bits per heavy atom. The molecular formula is C22H26N4O3. The highest BCUT2D eigenvalue weighted by Gasteiger charge is 2.07. The lowest BCUT2D eigenvalue weighted by molar-refractivity contribution is 0.354. The fraction of sp³-hybridized carbons (Fsp3) is 0.273. The molecule has 0 fully saturated rings. The molecule has 1 aromatic heterocycles. The molecule has 0 spiro atoms. The van der Waals surface area contributed by atoms with Crippen LogP contribution >= 0.6 is 0 Å². The van der Waals surface area contributed by atoms with Crippen LogP contribution in [0.1, 0.15) is 11.1 Å². The van der Waals surface area contributed by atoms with Crippen molar-refractivity contribution in [2.75, 3.05) is 38.5 Å². The largest absolute Gasteiger partial charge is 0.495 e. The molecule has 0 atom stereocenters. The van der Waals surface area contributed by atoms with Gasteiger partial charge in [-0.15, -0.1) is 0 Å². The highest BCUT2D eigenvalue weighted by Crippen LogP contribution is 2.29. The van der Waals surface area contributed by atoms with Gasteiger partial charge in [0.25, 0.3) is 0 Å². The molecular weight excluding hydrogens is 368 g/mol. The van der Waals surface area contributed by atoms with Gasteiger partial charge in [-0.25, -0.2) is 4.98 Å². The van der Waals surface area contributed by atoms with E-state index in [1.54, 1.807) is 27.5 Å². The summed E-state index contributed by atoms with van der Waals surface area (Å²) in [4.78, 5) is 8.83. The Bertz CT molecular complexity index is 963. The van der Waals surface area contributed by atoms with Crippen LogP contribution in [0.4, 0.5) is 17.5 Å². The van der Waals surface area contributed by atoms with Gasteiger partial charge in [-0.05, 0) is 54.8 Å². The number of anilines is 3. The van der Waals surface area contributed by atoms with Gasteiger partial charge in [0.2, 0.25) is 5.95 Å². The smallest absolute Gasteiger partial charge is 0.224 e. The first kappa shape index (κ1) is 20.3. The molecule has 0 unspecified atom stereocenters. The van der Waals surface area contributed by atoms with Crippen LogP contribution in [-0.4, -0.2) is 37.8 Å². The van der Waals surface area contributed by atoms with Crippen LogP contribution in [0.5, 0.6) is 17.2 Å². The number of ether oxygens (including phenoxy) is 3. The number of aromatic nitrogens is 2. The average molecular weight is 394 g/mol. The third kappa shape index (κ3) is 5.28. The number of rotatable bonds is 9. The van der Waals surface area contributed by atoms with Crippen LogP contribution in [0.15, 0.2) is 48.7 Å². The van der Waals surface area contributed by atoms with E-state index in [9.17, 15) is 0 Å². The van der Waals surface area contributed by atoms with Crippen LogP contribution in [-0.2, 0) is 6.42 Å². The van der Waals surface area contributed by atoms with Gasteiger partial charge >= 0.3 is 0 Å². The van der Waals surface area contributed by atoms with Crippen molar-refractivity contribution in [3.63, 3.8) is 0 Å². The second-order valence-corrected chi connectivity index (χ2v) is 6.46. The van der Waals surface area contributed by atoms with E-state index in [1.807, 2.05) is 49.4 Å². The molecule has 3 aromatic rings. The van der Waals surface area contributed by atoms with E-state index < -0.39 is 0 Å². The molecule has 0 radical (unpaired) electrons. The van der Waals surface area contributed by atoms with Gasteiger partial charge in [0, 0.05) is 12.7 Å². The minimum atomic E-state index is 0.557. The summed E-state index contributed by atoms with van der Waals surface area (Å²) < 4.78 is 16.0. The molecule has 2 aromatic carbocycles. The molecule has 7 nitrogen and oxygen atoms in total. The van der Waals surface area contributed by atoms with Crippen molar-refractivity contribution in [2.45, 2.75) is 13.3 Å². The fourth-order valence-electron chi connectivity index (χ4n) is 2.93. The number of benzene rings is 2. The maximum Gasteiger partial charge on any atom is 0.224 e. The molecule has 1 heterocycles. The maximum absolute atomic E-state index is 5.41. The molecule has 0 saturated carbocycles. The number of methoxy groups -OCH3 is 3. The zero-order valence-corrected chi connectivity index (χ0v) is 17.2. The Kier molecular flexibility index (Phi) is 6.73. The summed E-state index contributed by atoms with van der Waals surface area (Å²) >= 11 is 0. The van der Waals surface area contributed by atoms with Gasteiger partial charge in [0.15, 0.2) is 11.5 Å². The molecule has 0 amide bonds. The lowest BCUT2D eigenvalue weighted by Gasteiger charge is -2.12. The zero-order chi connectivity index (χ0) is 20.6. The predicted octanol–water partition coefficient (Wildman–Crippen LogP) is 4.21. The van der Waals surface area contributed by atoms with Crippen LogP contribution in [0.2, 0.25) is 0 Å². The summed E-state index contributed by atoms with van der Waals surface area (Å²) in [7, 11) is 4.91. The molecule has 29 heavy (non-hydrogen) atoms. The van der Waals surface area contributed by atoms with Crippen molar-refractivity contribution in [3.05, 3.63) is 59.8 Å². The maximum atomic E-state index is 5.41. The van der Waals surface area contributed by atoms with Crippen LogP contribution in [0, 0.1) is 6.92 Å². The van der Waals surface area contributed by atoms with Gasteiger partial charge in [-0.1, -0.05) is 12.1 Å². The second kappa shape index (κ2) is 9.64. The van der Waals surface area contributed by atoms with Crippen LogP contribution in [0.25, 0.3) is 0 Å². The predicted molar refractivity (Wildman–Crippen MR) is 115 cm³/mol. The third-order valence-corrected chi connectivity index (χ3v) is 4.42. The quantitative estimate of drug-likeness (QED) is 0.563. The molecule has 0 aliphatic rings. The van der Waals surface area contributed by atoms with E-state index in [-0.39, 0.29) is 0 Å². The number of nitrogens with one attached hydrogen (secondary N) is 2. The normalized spacial score (nSPS) is 10.3. The van der Waals surface area contributed by atoms with Gasteiger partial charge < -0.3 is 24.8 Å². The molecule has 7 heteroatoms. The standard InChI is InChI=1S/C22H26N4O3/c1-15-5-7-18(27-2)17(13-15)25-21-10-12-24-22(26-21)23-11-9-16-6-8-19(28-3)20(14-16)29-4/h5-8,10,12-14H,9,11H2,1-4H3,(H2,23,24,25,26). The minimum absolute atomic E-state index is 0.557. The second-order valence-electron chi connectivity index (χ2n) is 6.46. The number of aryl methyl sites for hydroxylation is 1. The minimum Gasteiger partial charge on any atom is -0.495 e. The highest BCUT2D eigenvalue weighted by atomic mass is 16.5. The van der Waals surface area contributed by atoms with Crippen LogP contribution < -0.4 is 24.8 Å². The first-order chi connectivity index (χ1) is 14.1. The number of hydrogen-bond donors (Lipinski definition) is 2. The van der Waals surface area contributed by atoms with Crippen molar-refractivity contribution in [3.8, 4) is 17.2 Å². The van der Waals surface area contributed by atoms with Crippen LogP contribution in [0.3, 0.4) is 0 Å². The number of hydrogen-bond acceptors (Lipinski definition) is 7. The third-order valence-electron chi connectivity index (χ3n) is 4.42. The first-order valence-corrected chi connectivity index (χ1v) is 9.32. The molecule has 0 aliphatic heterocycles. The topological polar surface area (TPSA) is 77.5 Å². The van der Waals surface area contributed by atoms with Crippen molar-refractivity contribution >= 4 is 17.5 Å². The summed E-state index contributed by atoms with van der Waals surface area (Å²) in [5.74, 6) is 3.45. The lowest BCUT2D eigenvalue weighted by Crippen LogP contribution is -2.09. The summed E-state index contributed by atoms with van der Waals surface area (Å²) in [6.45, 7) is 2.72. The molecule has 3 rings (SSSR count). The Labute approximate surface area is 171 Å². The first-order valence-electron chi connectivity index (χ1n) is 9.32.